The maximum Gasteiger partial charge on any atom is 0.257 e. The second-order valence-electron chi connectivity index (χ2n) is 6.36. The monoisotopic (exact) mass is 342 g/mol. The van der Waals surface area contributed by atoms with Crippen LogP contribution < -0.4 is 4.74 Å². The number of hydrogen-bond donors (Lipinski definition) is 0. The van der Waals surface area contributed by atoms with E-state index in [2.05, 4.69) is 10.00 Å². The van der Waals surface area contributed by atoms with Gasteiger partial charge in [0.15, 0.2) is 0 Å². The predicted octanol–water partition coefficient (Wildman–Crippen LogP) is 1.04. The molecule has 3 heterocycles. The molecule has 2 saturated heterocycles. The van der Waals surface area contributed by atoms with Crippen LogP contribution in [0, 0.1) is 0 Å². The third kappa shape index (κ3) is 3.12. The molecule has 2 aromatic rings. The zero-order valence-corrected chi connectivity index (χ0v) is 14.3. The van der Waals surface area contributed by atoms with Gasteiger partial charge in [-0.05, 0) is 12.1 Å². The molecule has 2 fully saturated rings. The molecule has 7 nitrogen and oxygen atoms in total. The molecule has 1 aromatic carbocycles. The standard InChI is InChI=1S/C18H22N4O3/c1-24-17-5-3-2-4-16(17)22-11-14(10-19-22)18(23)21-12-15(13-21)20-6-8-25-9-7-20/h2-5,10-11,15H,6-9,12-13H2,1H3. The van der Waals surface area contributed by atoms with E-state index in [-0.39, 0.29) is 5.91 Å². The molecule has 0 bridgehead atoms. The Kier molecular flexibility index (Phi) is 4.42. The summed E-state index contributed by atoms with van der Waals surface area (Å²) < 4.78 is 12.4. The van der Waals surface area contributed by atoms with Crippen LogP contribution in [-0.2, 0) is 4.74 Å². The average molecular weight is 342 g/mol. The number of aromatic nitrogens is 2. The molecule has 4 rings (SSSR count). The van der Waals surface area contributed by atoms with E-state index < -0.39 is 0 Å². The summed E-state index contributed by atoms with van der Waals surface area (Å²) in [5.74, 6) is 0.756. The van der Waals surface area contributed by atoms with Gasteiger partial charge in [0.2, 0.25) is 0 Å². The van der Waals surface area contributed by atoms with Gasteiger partial charge in [0.1, 0.15) is 11.4 Å². The van der Waals surface area contributed by atoms with Crippen molar-refractivity contribution in [1.82, 2.24) is 19.6 Å². The number of hydrogen-bond acceptors (Lipinski definition) is 5. The second kappa shape index (κ2) is 6.85. The van der Waals surface area contributed by atoms with Crippen LogP contribution in [0.5, 0.6) is 5.75 Å². The van der Waals surface area contributed by atoms with E-state index in [4.69, 9.17) is 9.47 Å². The normalized spacial score (nSPS) is 18.8. The van der Waals surface area contributed by atoms with E-state index in [0.29, 0.717) is 11.6 Å². The highest BCUT2D eigenvalue weighted by atomic mass is 16.5. The fourth-order valence-electron chi connectivity index (χ4n) is 3.36. The molecule has 2 aliphatic heterocycles. The quantitative estimate of drug-likeness (QED) is 0.831. The zero-order chi connectivity index (χ0) is 17.2. The molecular weight excluding hydrogens is 320 g/mol. The molecule has 7 heteroatoms. The summed E-state index contributed by atoms with van der Waals surface area (Å²) in [6, 6.07) is 8.07. The number of carbonyl (C=O) groups is 1. The highest BCUT2D eigenvalue weighted by Gasteiger charge is 2.36. The summed E-state index contributed by atoms with van der Waals surface area (Å²) in [4.78, 5) is 16.9. The van der Waals surface area contributed by atoms with Gasteiger partial charge in [0.25, 0.3) is 5.91 Å². The second-order valence-corrected chi connectivity index (χ2v) is 6.36. The Morgan fingerprint density at radius 3 is 2.76 bits per heavy atom. The third-order valence-corrected chi connectivity index (χ3v) is 4.87. The van der Waals surface area contributed by atoms with Gasteiger partial charge >= 0.3 is 0 Å². The first kappa shape index (κ1) is 16.1. The van der Waals surface area contributed by atoms with Crippen LogP contribution in [0.1, 0.15) is 10.4 Å². The van der Waals surface area contributed by atoms with Crippen molar-refractivity contribution in [2.24, 2.45) is 0 Å². The van der Waals surface area contributed by atoms with Gasteiger partial charge in [0.05, 0.1) is 32.1 Å². The van der Waals surface area contributed by atoms with E-state index in [1.54, 1.807) is 24.2 Å². The maximum atomic E-state index is 12.7. The first-order valence-corrected chi connectivity index (χ1v) is 8.55. The van der Waals surface area contributed by atoms with Crippen molar-refractivity contribution in [2.45, 2.75) is 6.04 Å². The Bertz CT molecular complexity index is 748. The molecule has 0 atom stereocenters. The van der Waals surface area contributed by atoms with Crippen molar-refractivity contribution in [3.05, 3.63) is 42.2 Å². The summed E-state index contributed by atoms with van der Waals surface area (Å²) in [7, 11) is 1.63. The number of rotatable bonds is 4. The molecule has 0 radical (unpaired) electrons. The van der Waals surface area contributed by atoms with E-state index >= 15 is 0 Å². The molecule has 0 aliphatic carbocycles. The number of nitrogens with zero attached hydrogens (tertiary/aromatic N) is 4. The molecule has 2 aliphatic rings. The smallest absolute Gasteiger partial charge is 0.257 e. The highest BCUT2D eigenvalue weighted by Crippen LogP contribution is 2.23. The first-order valence-electron chi connectivity index (χ1n) is 8.55. The van der Waals surface area contributed by atoms with Gasteiger partial charge in [0, 0.05) is 38.4 Å². The van der Waals surface area contributed by atoms with E-state index in [1.807, 2.05) is 29.2 Å². The predicted molar refractivity (Wildman–Crippen MR) is 92.2 cm³/mol. The van der Waals surface area contributed by atoms with Gasteiger partial charge < -0.3 is 14.4 Å². The van der Waals surface area contributed by atoms with Crippen LogP contribution >= 0.6 is 0 Å². The largest absolute Gasteiger partial charge is 0.494 e. The number of ether oxygens (including phenoxy) is 2. The first-order chi connectivity index (χ1) is 12.3. The topological polar surface area (TPSA) is 59.8 Å². The summed E-state index contributed by atoms with van der Waals surface area (Å²) in [6.07, 6.45) is 3.39. The molecular formula is C18H22N4O3. The SMILES string of the molecule is COc1ccccc1-n1cc(C(=O)N2CC(N3CCOCC3)C2)cn1. The number of carbonyl (C=O) groups excluding carboxylic acids is 1. The summed E-state index contributed by atoms with van der Waals surface area (Å²) in [5, 5.41) is 4.33. The van der Waals surface area contributed by atoms with Crippen molar-refractivity contribution in [3.8, 4) is 11.4 Å². The van der Waals surface area contributed by atoms with E-state index in [1.165, 1.54) is 0 Å². The van der Waals surface area contributed by atoms with E-state index in [0.717, 1.165) is 50.8 Å². The van der Waals surface area contributed by atoms with Gasteiger partial charge in [-0.25, -0.2) is 4.68 Å². The molecule has 25 heavy (non-hydrogen) atoms. The summed E-state index contributed by atoms with van der Waals surface area (Å²) in [6.45, 7) is 5.04. The minimum atomic E-state index is 0.0330. The number of benzene rings is 1. The lowest BCUT2D eigenvalue weighted by molar-refractivity contribution is -0.0256. The minimum Gasteiger partial charge on any atom is -0.494 e. The minimum absolute atomic E-state index is 0.0330. The molecule has 0 N–H and O–H groups in total. The molecule has 1 amide bonds. The third-order valence-electron chi connectivity index (χ3n) is 4.87. The van der Waals surface area contributed by atoms with Crippen LogP contribution in [0.3, 0.4) is 0 Å². The van der Waals surface area contributed by atoms with Crippen LogP contribution in [0.2, 0.25) is 0 Å². The van der Waals surface area contributed by atoms with Crippen molar-refractivity contribution in [2.75, 3.05) is 46.5 Å². The summed E-state index contributed by atoms with van der Waals surface area (Å²) >= 11 is 0. The lowest BCUT2D eigenvalue weighted by Gasteiger charge is -2.46. The number of morpholine rings is 1. The maximum absolute atomic E-state index is 12.7. The summed E-state index contributed by atoms with van der Waals surface area (Å²) in [5.41, 5.74) is 1.42. The molecule has 0 spiro atoms. The Labute approximate surface area is 146 Å². The number of likely N-dealkylation sites (tertiary alicyclic amines) is 1. The van der Waals surface area contributed by atoms with Crippen LogP contribution in [0.15, 0.2) is 36.7 Å². The fraction of sp³-hybridized carbons (Fsp3) is 0.444. The number of para-hydroxylation sites is 2. The van der Waals surface area contributed by atoms with Crippen molar-refractivity contribution >= 4 is 5.91 Å². The van der Waals surface area contributed by atoms with Gasteiger partial charge in [-0.15, -0.1) is 0 Å². The van der Waals surface area contributed by atoms with Gasteiger partial charge in [-0.2, -0.15) is 5.10 Å². The van der Waals surface area contributed by atoms with Crippen molar-refractivity contribution in [1.29, 1.82) is 0 Å². The van der Waals surface area contributed by atoms with Gasteiger partial charge in [-0.1, -0.05) is 12.1 Å². The average Bonchev–Trinajstić information content (AvgIpc) is 3.11. The zero-order valence-electron chi connectivity index (χ0n) is 14.3. The Hall–Kier alpha value is -2.38. The van der Waals surface area contributed by atoms with E-state index in [9.17, 15) is 4.79 Å². The van der Waals surface area contributed by atoms with Gasteiger partial charge in [-0.3, -0.25) is 9.69 Å². The van der Waals surface area contributed by atoms with Crippen LogP contribution in [0.25, 0.3) is 5.69 Å². The van der Waals surface area contributed by atoms with Crippen molar-refractivity contribution in [3.63, 3.8) is 0 Å². The Balaban J connectivity index is 1.41. The molecule has 1 aromatic heterocycles. The number of amides is 1. The number of methoxy groups -OCH3 is 1. The lowest BCUT2D eigenvalue weighted by Crippen LogP contribution is -2.62. The molecule has 0 saturated carbocycles. The molecule has 0 unspecified atom stereocenters. The highest BCUT2D eigenvalue weighted by molar-refractivity contribution is 5.94. The van der Waals surface area contributed by atoms with Crippen molar-refractivity contribution < 1.29 is 14.3 Å². The Morgan fingerprint density at radius 1 is 1.24 bits per heavy atom. The fourth-order valence-corrected chi connectivity index (χ4v) is 3.36. The van der Waals surface area contributed by atoms with Crippen LogP contribution in [0.4, 0.5) is 0 Å². The Morgan fingerprint density at radius 2 is 2.00 bits per heavy atom. The molecule has 132 valence electrons. The van der Waals surface area contributed by atoms with Crippen LogP contribution in [-0.4, -0.2) is 78.0 Å². The lowest BCUT2D eigenvalue weighted by atomic mass is 10.1.